The number of aryl methyl sites for hydroxylation is 1. The monoisotopic (exact) mass is 257 g/mol. The Hall–Kier alpha value is -1.87. The topological polar surface area (TPSA) is 42.4 Å². The number of nitrogens with zero attached hydrogens (tertiary/aromatic N) is 1. The molecule has 3 nitrogen and oxygen atoms in total. The first-order valence-electron chi connectivity index (χ1n) is 6.45. The highest BCUT2D eigenvalue weighted by Gasteiger charge is 2.09. The molecule has 2 aromatic rings. The fourth-order valence-corrected chi connectivity index (χ4v) is 1.98. The van der Waals surface area contributed by atoms with E-state index in [-0.39, 0.29) is 0 Å². The Morgan fingerprint density at radius 3 is 2.47 bits per heavy atom. The van der Waals surface area contributed by atoms with Crippen molar-refractivity contribution in [3.05, 3.63) is 47.7 Å². The van der Waals surface area contributed by atoms with Crippen molar-refractivity contribution in [2.45, 2.75) is 26.4 Å². The summed E-state index contributed by atoms with van der Waals surface area (Å²) in [6.07, 6.45) is 0.162. The van der Waals surface area contributed by atoms with Crippen LogP contribution in [0.25, 0.3) is 11.3 Å². The van der Waals surface area contributed by atoms with Gasteiger partial charge in [-0.25, -0.2) is 0 Å². The highest BCUT2D eigenvalue weighted by Crippen LogP contribution is 2.24. The lowest BCUT2D eigenvalue weighted by Gasteiger charge is -2.11. The Bertz CT molecular complexity index is 549. The van der Waals surface area contributed by atoms with Crippen molar-refractivity contribution in [2.75, 3.05) is 7.11 Å². The minimum atomic E-state index is -0.503. The lowest BCUT2D eigenvalue weighted by atomic mass is 10.1. The summed E-state index contributed by atoms with van der Waals surface area (Å²) in [5.41, 5.74) is 3.73. The van der Waals surface area contributed by atoms with Crippen molar-refractivity contribution >= 4 is 0 Å². The van der Waals surface area contributed by atoms with Gasteiger partial charge in [-0.1, -0.05) is 6.92 Å². The Morgan fingerprint density at radius 1 is 1.21 bits per heavy atom. The van der Waals surface area contributed by atoms with Gasteiger partial charge in [0.25, 0.3) is 0 Å². The van der Waals surface area contributed by atoms with Crippen LogP contribution in [0.3, 0.4) is 0 Å². The zero-order valence-corrected chi connectivity index (χ0v) is 11.6. The van der Waals surface area contributed by atoms with E-state index in [0.29, 0.717) is 6.42 Å². The van der Waals surface area contributed by atoms with Gasteiger partial charge in [0.15, 0.2) is 0 Å². The predicted molar refractivity (Wildman–Crippen MR) is 76.2 cm³/mol. The van der Waals surface area contributed by atoms with Crippen LogP contribution in [0.15, 0.2) is 36.4 Å². The molecule has 1 atom stereocenters. The number of methoxy groups -OCH3 is 1. The zero-order chi connectivity index (χ0) is 13.8. The van der Waals surface area contributed by atoms with Crippen LogP contribution < -0.4 is 4.74 Å². The fraction of sp³-hybridized carbons (Fsp3) is 0.312. The van der Waals surface area contributed by atoms with E-state index in [9.17, 15) is 5.11 Å². The molecule has 0 saturated carbocycles. The molecule has 1 N–H and O–H groups in total. The number of aromatic nitrogens is 1. The van der Waals surface area contributed by atoms with Gasteiger partial charge in [-0.3, -0.25) is 4.98 Å². The van der Waals surface area contributed by atoms with Crippen molar-refractivity contribution in [3.8, 4) is 17.0 Å². The van der Waals surface area contributed by atoms with Crippen molar-refractivity contribution in [1.29, 1.82) is 0 Å². The maximum Gasteiger partial charge on any atom is 0.118 e. The van der Waals surface area contributed by atoms with E-state index in [1.807, 2.05) is 50.2 Å². The molecule has 0 unspecified atom stereocenters. The molecule has 0 amide bonds. The molecule has 0 aliphatic heterocycles. The standard InChI is InChI=1S/C16H19NO2/c1-4-16(18)15-10-11(2)9-14(17-15)12-5-7-13(19-3)8-6-12/h5-10,16,18H,4H2,1-3H3/t16-/m0/s1. The van der Waals surface area contributed by atoms with E-state index < -0.39 is 6.10 Å². The van der Waals surface area contributed by atoms with Crippen LogP contribution in [-0.4, -0.2) is 17.2 Å². The predicted octanol–water partition coefficient (Wildman–Crippen LogP) is 3.51. The molecule has 0 radical (unpaired) electrons. The Morgan fingerprint density at radius 2 is 1.89 bits per heavy atom. The highest BCUT2D eigenvalue weighted by atomic mass is 16.5. The van der Waals surface area contributed by atoms with Crippen LogP contribution in [0.1, 0.15) is 30.7 Å². The summed E-state index contributed by atoms with van der Waals surface area (Å²) >= 11 is 0. The summed E-state index contributed by atoms with van der Waals surface area (Å²) in [6.45, 7) is 3.96. The number of hydrogen-bond acceptors (Lipinski definition) is 3. The van der Waals surface area contributed by atoms with Crippen LogP contribution in [0.4, 0.5) is 0 Å². The van der Waals surface area contributed by atoms with Gasteiger partial charge < -0.3 is 9.84 Å². The second-order valence-electron chi connectivity index (χ2n) is 4.61. The molecule has 3 heteroatoms. The zero-order valence-electron chi connectivity index (χ0n) is 11.6. The van der Waals surface area contributed by atoms with Gasteiger partial charge in [0, 0.05) is 5.56 Å². The Kier molecular flexibility index (Phi) is 4.17. The molecule has 0 fully saturated rings. The number of aliphatic hydroxyl groups is 1. The molecule has 0 aliphatic carbocycles. The smallest absolute Gasteiger partial charge is 0.118 e. The summed E-state index contributed by atoms with van der Waals surface area (Å²) in [5.74, 6) is 0.824. The Labute approximate surface area is 113 Å². The average molecular weight is 257 g/mol. The van der Waals surface area contributed by atoms with Crippen LogP contribution in [-0.2, 0) is 0 Å². The number of pyridine rings is 1. The second-order valence-corrected chi connectivity index (χ2v) is 4.61. The molecule has 1 aromatic carbocycles. The van der Waals surface area contributed by atoms with Gasteiger partial charge in [-0.15, -0.1) is 0 Å². The van der Waals surface area contributed by atoms with Crippen LogP contribution in [0, 0.1) is 6.92 Å². The molecular weight excluding hydrogens is 238 g/mol. The van der Waals surface area contributed by atoms with E-state index in [1.165, 1.54) is 0 Å². The number of aliphatic hydroxyl groups excluding tert-OH is 1. The molecule has 1 heterocycles. The van der Waals surface area contributed by atoms with Crippen LogP contribution >= 0.6 is 0 Å². The minimum Gasteiger partial charge on any atom is -0.497 e. The van der Waals surface area contributed by atoms with E-state index >= 15 is 0 Å². The fourth-order valence-electron chi connectivity index (χ4n) is 1.98. The van der Waals surface area contributed by atoms with Crippen LogP contribution in [0.5, 0.6) is 5.75 Å². The lowest BCUT2D eigenvalue weighted by Crippen LogP contribution is -2.00. The number of hydrogen-bond donors (Lipinski definition) is 1. The molecular formula is C16H19NO2. The van der Waals surface area contributed by atoms with Gasteiger partial charge in [-0.2, -0.15) is 0 Å². The van der Waals surface area contributed by atoms with Crippen molar-refractivity contribution < 1.29 is 9.84 Å². The minimum absolute atomic E-state index is 0.503. The normalized spacial score (nSPS) is 12.2. The quantitative estimate of drug-likeness (QED) is 0.911. The second kappa shape index (κ2) is 5.85. The summed E-state index contributed by atoms with van der Waals surface area (Å²) in [4.78, 5) is 4.54. The maximum absolute atomic E-state index is 9.92. The van der Waals surface area contributed by atoms with Gasteiger partial charge in [0.05, 0.1) is 24.6 Å². The van der Waals surface area contributed by atoms with E-state index in [1.54, 1.807) is 7.11 Å². The van der Waals surface area contributed by atoms with Gasteiger partial charge in [0.2, 0.25) is 0 Å². The molecule has 2 rings (SSSR count). The third-order valence-corrected chi connectivity index (χ3v) is 3.10. The van der Waals surface area contributed by atoms with E-state index in [4.69, 9.17) is 4.74 Å². The summed E-state index contributed by atoms with van der Waals surface area (Å²) in [7, 11) is 1.65. The number of benzene rings is 1. The molecule has 0 spiro atoms. The molecule has 0 aliphatic rings. The molecule has 0 bridgehead atoms. The van der Waals surface area contributed by atoms with Crippen molar-refractivity contribution in [1.82, 2.24) is 4.98 Å². The summed E-state index contributed by atoms with van der Waals surface area (Å²) < 4.78 is 5.15. The molecule has 100 valence electrons. The van der Waals surface area contributed by atoms with E-state index in [2.05, 4.69) is 4.98 Å². The first-order valence-corrected chi connectivity index (χ1v) is 6.45. The van der Waals surface area contributed by atoms with Crippen molar-refractivity contribution in [3.63, 3.8) is 0 Å². The van der Waals surface area contributed by atoms with Gasteiger partial charge >= 0.3 is 0 Å². The van der Waals surface area contributed by atoms with Gasteiger partial charge in [-0.05, 0) is 55.3 Å². The summed E-state index contributed by atoms with van der Waals surface area (Å²) in [5, 5.41) is 9.92. The largest absolute Gasteiger partial charge is 0.497 e. The third kappa shape index (κ3) is 3.12. The third-order valence-electron chi connectivity index (χ3n) is 3.10. The van der Waals surface area contributed by atoms with E-state index in [0.717, 1.165) is 28.3 Å². The molecule has 1 aromatic heterocycles. The highest BCUT2D eigenvalue weighted by molar-refractivity contribution is 5.61. The number of rotatable bonds is 4. The lowest BCUT2D eigenvalue weighted by molar-refractivity contribution is 0.169. The maximum atomic E-state index is 9.92. The first kappa shape index (κ1) is 13.6. The average Bonchev–Trinajstić information content (AvgIpc) is 2.45. The first-order chi connectivity index (χ1) is 9.13. The van der Waals surface area contributed by atoms with Crippen LogP contribution in [0.2, 0.25) is 0 Å². The van der Waals surface area contributed by atoms with Gasteiger partial charge in [0.1, 0.15) is 5.75 Å². The Balaban J connectivity index is 2.40. The van der Waals surface area contributed by atoms with Crippen molar-refractivity contribution in [2.24, 2.45) is 0 Å². The molecule has 19 heavy (non-hydrogen) atoms. The summed E-state index contributed by atoms with van der Waals surface area (Å²) in [6, 6.07) is 11.7. The molecule has 0 saturated heterocycles. The number of ether oxygens (including phenoxy) is 1. The SMILES string of the molecule is CC[C@H](O)c1cc(C)cc(-c2ccc(OC)cc2)n1.